The normalized spacial score (nSPS) is 21.6. The first-order valence-corrected chi connectivity index (χ1v) is 13.1. The maximum atomic E-state index is 6.66. The summed E-state index contributed by atoms with van der Waals surface area (Å²) in [7, 11) is 0. The molecule has 1 saturated carbocycles. The summed E-state index contributed by atoms with van der Waals surface area (Å²) >= 11 is 3.58. The minimum Gasteiger partial charge on any atom is -0.383 e. The van der Waals surface area contributed by atoms with Crippen molar-refractivity contribution < 1.29 is 0 Å². The molecule has 37 heavy (non-hydrogen) atoms. The Hall–Kier alpha value is -3.56. The summed E-state index contributed by atoms with van der Waals surface area (Å²) in [4.78, 5) is 4.70. The fourth-order valence-electron chi connectivity index (χ4n) is 4.73. The van der Waals surface area contributed by atoms with Gasteiger partial charge >= 0.3 is 0 Å². The Morgan fingerprint density at radius 1 is 1.03 bits per heavy atom. The van der Waals surface area contributed by atoms with E-state index in [-0.39, 0.29) is 17.0 Å². The van der Waals surface area contributed by atoms with E-state index in [1.165, 1.54) is 0 Å². The van der Waals surface area contributed by atoms with E-state index in [1.54, 1.807) is 6.20 Å². The van der Waals surface area contributed by atoms with Crippen LogP contribution in [0.4, 0.5) is 22.7 Å². The van der Waals surface area contributed by atoms with Crippen molar-refractivity contribution in [2.45, 2.75) is 45.2 Å². The summed E-state index contributed by atoms with van der Waals surface area (Å²) < 4.78 is 2.77. The van der Waals surface area contributed by atoms with Crippen molar-refractivity contribution >= 4 is 50.0 Å². The summed E-state index contributed by atoms with van der Waals surface area (Å²) in [6, 6.07) is 19.3. The number of azo groups is 1. The van der Waals surface area contributed by atoms with Crippen molar-refractivity contribution in [2.24, 2.45) is 32.1 Å². The van der Waals surface area contributed by atoms with Gasteiger partial charge in [0, 0.05) is 27.7 Å². The van der Waals surface area contributed by atoms with Gasteiger partial charge in [0.25, 0.3) is 0 Å². The second-order valence-electron chi connectivity index (χ2n) is 10.3. The molecule has 1 aliphatic rings. The maximum Gasteiger partial charge on any atom is 0.135 e. The predicted octanol–water partition coefficient (Wildman–Crippen LogP) is 6.87. The molecular weight excluding hydrogens is 528 g/mol. The predicted molar refractivity (Wildman–Crippen MR) is 153 cm³/mol. The van der Waals surface area contributed by atoms with Crippen LogP contribution in [0, 0.1) is 5.41 Å². The summed E-state index contributed by atoms with van der Waals surface area (Å²) in [6.45, 7) is 6.57. The lowest BCUT2D eigenvalue weighted by Gasteiger charge is -2.39. The molecule has 2 aromatic heterocycles. The molecule has 0 amide bonds. The highest BCUT2D eigenvalue weighted by Gasteiger charge is 2.49. The molecule has 4 aromatic rings. The molecule has 0 radical (unpaired) electrons. The molecule has 0 bridgehead atoms. The highest BCUT2D eigenvalue weighted by atomic mass is 79.9. The Bertz CT molecular complexity index is 1470. The van der Waals surface area contributed by atoms with Gasteiger partial charge in [0.2, 0.25) is 0 Å². The number of aromatic nitrogens is 2. The average molecular weight is 560 g/mol. The van der Waals surface area contributed by atoms with E-state index in [0.717, 1.165) is 45.5 Å². The average Bonchev–Trinajstić information content (AvgIpc) is 3.35. The lowest BCUT2D eigenvalue weighted by atomic mass is 9.75. The van der Waals surface area contributed by atoms with Crippen LogP contribution in [0.15, 0.2) is 92.8 Å². The van der Waals surface area contributed by atoms with Crippen molar-refractivity contribution in [3.63, 3.8) is 0 Å². The van der Waals surface area contributed by atoms with E-state index in [9.17, 15) is 0 Å². The fraction of sp³-hybridized carbons (Fsp3) is 0.286. The van der Waals surface area contributed by atoms with Crippen molar-refractivity contribution in [1.82, 2.24) is 9.61 Å². The zero-order chi connectivity index (χ0) is 26.2. The number of rotatable bonds is 6. The standard InChI is InChI=1S/C28H31BrN8/c1-27(2)24(13-14-28(27,3)31)34-25-22(16-32-37-17-18(29)15-23(25)37)26(30)33-19-9-11-21(12-10-19)36-35-20-7-5-4-6-8-20/h4-12,15-17,24,34H,13-14,31H2,1-3H3,(H2,30,33)/b36-35+/t24-,28+/m1/s1. The molecule has 5 N–H and O–H groups in total. The molecule has 1 aliphatic carbocycles. The number of nitrogens with zero attached hydrogens (tertiary/aromatic N) is 5. The van der Waals surface area contributed by atoms with E-state index in [0.29, 0.717) is 11.5 Å². The SMILES string of the molecule is CC1(C)[C@H](Nc2c(/C(N)=N/c3ccc(/N=N/c4ccccc4)cc3)cnn3cc(Br)cc23)CC[C@]1(C)N. The minimum atomic E-state index is -0.268. The van der Waals surface area contributed by atoms with Crippen molar-refractivity contribution in [3.05, 3.63) is 83.1 Å². The van der Waals surface area contributed by atoms with Gasteiger partial charge in [-0.15, -0.1) is 0 Å². The summed E-state index contributed by atoms with van der Waals surface area (Å²) in [5.74, 6) is 0.375. The second-order valence-corrected chi connectivity index (χ2v) is 11.3. The van der Waals surface area contributed by atoms with E-state index in [2.05, 4.69) is 57.3 Å². The van der Waals surface area contributed by atoms with Gasteiger partial charge < -0.3 is 16.8 Å². The number of nitrogens with one attached hydrogen (secondary N) is 1. The Kier molecular flexibility index (Phi) is 6.59. The van der Waals surface area contributed by atoms with Crippen molar-refractivity contribution in [1.29, 1.82) is 0 Å². The third-order valence-corrected chi connectivity index (χ3v) is 8.06. The molecule has 0 aliphatic heterocycles. The molecule has 0 unspecified atom stereocenters. The number of aliphatic imine (C=N–C) groups is 1. The first-order valence-electron chi connectivity index (χ1n) is 12.3. The smallest absolute Gasteiger partial charge is 0.135 e. The van der Waals surface area contributed by atoms with Gasteiger partial charge in [-0.05, 0) is 78.2 Å². The van der Waals surface area contributed by atoms with Gasteiger partial charge in [-0.1, -0.05) is 32.0 Å². The van der Waals surface area contributed by atoms with E-state index in [4.69, 9.17) is 16.5 Å². The van der Waals surface area contributed by atoms with Gasteiger partial charge in [-0.2, -0.15) is 15.3 Å². The molecule has 190 valence electrons. The third kappa shape index (κ3) is 5.01. The van der Waals surface area contributed by atoms with Crippen molar-refractivity contribution in [2.75, 3.05) is 5.32 Å². The molecule has 2 heterocycles. The molecule has 2 atom stereocenters. The van der Waals surface area contributed by atoms with Gasteiger partial charge in [-0.25, -0.2) is 9.51 Å². The Morgan fingerprint density at radius 2 is 1.68 bits per heavy atom. The lowest BCUT2D eigenvalue weighted by molar-refractivity contribution is 0.215. The van der Waals surface area contributed by atoms with E-state index >= 15 is 0 Å². The van der Waals surface area contributed by atoms with Crippen LogP contribution >= 0.6 is 15.9 Å². The number of nitrogens with two attached hydrogens (primary N) is 2. The van der Waals surface area contributed by atoms with Crippen LogP contribution in [-0.2, 0) is 0 Å². The largest absolute Gasteiger partial charge is 0.383 e. The first kappa shape index (κ1) is 25.1. The van der Waals surface area contributed by atoms with Crippen LogP contribution < -0.4 is 16.8 Å². The van der Waals surface area contributed by atoms with Crippen LogP contribution in [0.5, 0.6) is 0 Å². The van der Waals surface area contributed by atoms with Crippen LogP contribution in [0.2, 0.25) is 0 Å². The number of halogens is 1. The van der Waals surface area contributed by atoms with Gasteiger partial charge in [-0.3, -0.25) is 0 Å². The summed E-state index contributed by atoms with van der Waals surface area (Å²) in [6.07, 6.45) is 5.59. The fourth-order valence-corrected chi connectivity index (χ4v) is 5.14. The number of fused-ring (bicyclic) bond motifs is 1. The van der Waals surface area contributed by atoms with Crippen LogP contribution in [0.25, 0.3) is 5.52 Å². The Balaban J connectivity index is 1.45. The lowest BCUT2D eigenvalue weighted by Crippen LogP contribution is -2.51. The second kappa shape index (κ2) is 9.72. The summed E-state index contributed by atoms with van der Waals surface area (Å²) in [5.41, 5.74) is 17.6. The molecule has 5 rings (SSSR count). The minimum absolute atomic E-state index is 0.121. The van der Waals surface area contributed by atoms with Crippen LogP contribution in [0.1, 0.15) is 39.2 Å². The van der Waals surface area contributed by atoms with Crippen LogP contribution in [0.3, 0.4) is 0 Å². The monoisotopic (exact) mass is 558 g/mol. The zero-order valence-electron chi connectivity index (χ0n) is 21.2. The zero-order valence-corrected chi connectivity index (χ0v) is 22.8. The highest BCUT2D eigenvalue weighted by Crippen LogP contribution is 2.46. The molecule has 0 saturated heterocycles. The number of hydrogen-bond acceptors (Lipinski definition) is 6. The Morgan fingerprint density at radius 3 is 2.32 bits per heavy atom. The highest BCUT2D eigenvalue weighted by molar-refractivity contribution is 9.10. The molecule has 9 heteroatoms. The van der Waals surface area contributed by atoms with Crippen LogP contribution in [-0.4, -0.2) is 27.0 Å². The molecule has 2 aromatic carbocycles. The van der Waals surface area contributed by atoms with Crippen molar-refractivity contribution in [3.8, 4) is 0 Å². The van der Waals surface area contributed by atoms with E-state index in [1.807, 2.05) is 71.4 Å². The Labute approximate surface area is 225 Å². The maximum absolute atomic E-state index is 6.66. The van der Waals surface area contributed by atoms with Gasteiger partial charge in [0.15, 0.2) is 0 Å². The van der Waals surface area contributed by atoms with Gasteiger partial charge in [0.05, 0.1) is 40.0 Å². The van der Waals surface area contributed by atoms with E-state index < -0.39 is 0 Å². The quantitative estimate of drug-likeness (QED) is 0.136. The topological polar surface area (TPSA) is 118 Å². The first-order chi connectivity index (χ1) is 17.6. The molecule has 8 nitrogen and oxygen atoms in total. The number of hydrogen-bond donors (Lipinski definition) is 3. The number of amidine groups is 1. The number of benzene rings is 2. The number of anilines is 1. The molecule has 0 spiro atoms. The molecule has 1 fully saturated rings. The van der Waals surface area contributed by atoms with Gasteiger partial charge in [0.1, 0.15) is 5.84 Å². The third-order valence-electron chi connectivity index (χ3n) is 7.63. The molecular formula is C28H31BrN8. The summed E-state index contributed by atoms with van der Waals surface area (Å²) in [5, 5.41) is 16.9.